The molecule has 1 saturated carbocycles. The maximum Gasteiger partial charge on any atom is 0.262 e. The van der Waals surface area contributed by atoms with Gasteiger partial charge in [0.25, 0.3) is 11.8 Å². The molecule has 3 N–H and O–H groups in total. The first-order chi connectivity index (χ1) is 13.6. The van der Waals surface area contributed by atoms with Gasteiger partial charge in [0, 0.05) is 4.88 Å². The molecule has 0 atom stereocenters. The number of hydrogen-bond donors (Lipinski definition) is 2. The van der Waals surface area contributed by atoms with Crippen molar-refractivity contribution in [2.24, 2.45) is 5.73 Å². The van der Waals surface area contributed by atoms with E-state index in [0.717, 1.165) is 29.7 Å². The molecule has 1 heterocycles. The molecule has 0 radical (unpaired) electrons. The average Bonchev–Trinajstić information content (AvgIpc) is 3.28. The van der Waals surface area contributed by atoms with Crippen molar-refractivity contribution in [1.29, 1.82) is 0 Å². The average molecular weight is 399 g/mol. The Morgan fingerprint density at radius 2 is 1.82 bits per heavy atom. The molecule has 1 aromatic heterocycles. The summed E-state index contributed by atoms with van der Waals surface area (Å²) in [6.45, 7) is -0.0937. The number of hydrogen-bond acceptors (Lipinski definition) is 4. The lowest BCUT2D eigenvalue weighted by atomic mass is 9.84. The van der Waals surface area contributed by atoms with Crippen LogP contribution >= 0.6 is 11.3 Å². The monoisotopic (exact) mass is 398 g/mol. The highest BCUT2D eigenvalue weighted by Gasteiger charge is 2.26. The van der Waals surface area contributed by atoms with Crippen LogP contribution in [-0.2, 0) is 17.6 Å². The molecular formula is C22H26N2O3S. The van der Waals surface area contributed by atoms with Crippen LogP contribution < -0.4 is 15.8 Å². The summed E-state index contributed by atoms with van der Waals surface area (Å²) >= 11 is 1.46. The van der Waals surface area contributed by atoms with E-state index in [2.05, 4.69) is 17.4 Å². The lowest BCUT2D eigenvalue weighted by Crippen LogP contribution is -2.22. The van der Waals surface area contributed by atoms with Gasteiger partial charge < -0.3 is 15.8 Å². The minimum atomic E-state index is -0.478. The van der Waals surface area contributed by atoms with Gasteiger partial charge in [-0.15, -0.1) is 11.3 Å². The number of thiophene rings is 1. The molecule has 1 fully saturated rings. The lowest BCUT2D eigenvalue weighted by molar-refractivity contribution is -0.118. The van der Waals surface area contributed by atoms with Crippen LogP contribution in [0.4, 0.5) is 5.00 Å². The number of carbonyl (C=O) groups excluding carboxylic acids is 2. The number of benzene rings is 1. The normalized spacial score (nSPS) is 16.6. The van der Waals surface area contributed by atoms with Crippen LogP contribution in [0.3, 0.4) is 0 Å². The fourth-order valence-corrected chi connectivity index (χ4v) is 5.65. The van der Waals surface area contributed by atoms with E-state index in [4.69, 9.17) is 10.5 Å². The van der Waals surface area contributed by atoms with E-state index in [-0.39, 0.29) is 12.5 Å². The minimum Gasteiger partial charge on any atom is -0.484 e. The number of anilines is 1. The van der Waals surface area contributed by atoms with Gasteiger partial charge in [-0.2, -0.15) is 0 Å². The molecule has 1 aromatic carbocycles. The zero-order valence-corrected chi connectivity index (χ0v) is 16.8. The highest BCUT2D eigenvalue weighted by Crippen LogP contribution is 2.39. The van der Waals surface area contributed by atoms with E-state index in [1.165, 1.54) is 49.0 Å². The summed E-state index contributed by atoms with van der Waals surface area (Å²) in [6.07, 6.45) is 9.31. The Balaban J connectivity index is 1.34. The number of nitrogens with one attached hydrogen (secondary N) is 1. The smallest absolute Gasteiger partial charge is 0.262 e. The Labute approximate surface area is 169 Å². The van der Waals surface area contributed by atoms with Crippen LogP contribution in [0, 0.1) is 0 Å². The minimum absolute atomic E-state index is 0.0937. The van der Waals surface area contributed by atoms with Gasteiger partial charge in [-0.1, -0.05) is 31.4 Å². The summed E-state index contributed by atoms with van der Waals surface area (Å²) in [6, 6.07) is 8.09. The summed E-state index contributed by atoms with van der Waals surface area (Å²) < 4.78 is 5.64. The van der Waals surface area contributed by atoms with Crippen molar-refractivity contribution in [2.75, 3.05) is 11.9 Å². The zero-order chi connectivity index (χ0) is 19.5. The lowest BCUT2D eigenvalue weighted by Gasteiger charge is -2.22. The molecule has 2 aromatic rings. The van der Waals surface area contributed by atoms with Crippen LogP contribution in [0.2, 0.25) is 0 Å². The van der Waals surface area contributed by atoms with Crippen molar-refractivity contribution >= 4 is 28.2 Å². The Hall–Kier alpha value is -2.34. The van der Waals surface area contributed by atoms with Gasteiger partial charge in [-0.25, -0.2) is 0 Å². The molecule has 0 bridgehead atoms. The van der Waals surface area contributed by atoms with Gasteiger partial charge in [0.05, 0.1) is 5.56 Å². The Morgan fingerprint density at radius 1 is 1.07 bits per heavy atom. The third-order valence-corrected chi connectivity index (χ3v) is 6.95. The van der Waals surface area contributed by atoms with Crippen molar-refractivity contribution in [3.05, 3.63) is 45.8 Å². The van der Waals surface area contributed by atoms with Gasteiger partial charge in [-0.05, 0) is 61.3 Å². The van der Waals surface area contributed by atoms with Crippen LogP contribution in [-0.4, -0.2) is 18.4 Å². The molecule has 2 aliphatic rings. The first kappa shape index (κ1) is 19.0. The zero-order valence-electron chi connectivity index (χ0n) is 16.0. The number of rotatable bonds is 6. The highest BCUT2D eigenvalue weighted by molar-refractivity contribution is 7.17. The molecule has 148 valence electrons. The molecule has 2 amide bonds. The summed E-state index contributed by atoms with van der Waals surface area (Å²) in [5.74, 6) is 0.574. The van der Waals surface area contributed by atoms with Crippen LogP contribution in [0.15, 0.2) is 24.3 Å². The van der Waals surface area contributed by atoms with Crippen LogP contribution in [0.25, 0.3) is 0 Å². The second kappa shape index (κ2) is 8.35. The maximum atomic E-state index is 12.3. The van der Waals surface area contributed by atoms with Gasteiger partial charge in [0.15, 0.2) is 6.61 Å². The molecule has 6 heteroatoms. The molecule has 0 spiro atoms. The third kappa shape index (κ3) is 4.07. The predicted molar refractivity (Wildman–Crippen MR) is 111 cm³/mol. The van der Waals surface area contributed by atoms with E-state index in [9.17, 15) is 9.59 Å². The molecular weight excluding hydrogens is 372 g/mol. The number of amides is 2. The number of nitrogens with two attached hydrogens (primary N) is 1. The fourth-order valence-electron chi connectivity index (χ4n) is 4.34. The first-order valence-corrected chi connectivity index (χ1v) is 10.9. The fraction of sp³-hybridized carbons (Fsp3) is 0.455. The Kier molecular flexibility index (Phi) is 5.67. The number of aryl methyl sites for hydroxylation is 1. The second-order valence-electron chi connectivity index (χ2n) is 7.67. The maximum absolute atomic E-state index is 12.3. The standard InChI is InChI=1S/C22H26N2O3S/c23-21(26)20-17-7-4-8-18(17)28-22(20)24-19(25)13-27-16-11-9-15(10-12-16)14-5-2-1-3-6-14/h9-12,14H,1-8,13H2,(H2,23,26)(H,24,25). The Morgan fingerprint density at radius 3 is 2.54 bits per heavy atom. The summed E-state index contributed by atoms with van der Waals surface area (Å²) in [5, 5.41) is 3.36. The number of fused-ring (bicyclic) bond motifs is 1. The van der Waals surface area contributed by atoms with Crippen molar-refractivity contribution < 1.29 is 14.3 Å². The molecule has 4 rings (SSSR count). The van der Waals surface area contributed by atoms with Crippen molar-refractivity contribution in [1.82, 2.24) is 0 Å². The topological polar surface area (TPSA) is 81.4 Å². The van der Waals surface area contributed by atoms with Gasteiger partial charge in [0.2, 0.25) is 0 Å². The number of primary amides is 1. The predicted octanol–water partition coefficient (Wildman–Crippen LogP) is 4.40. The van der Waals surface area contributed by atoms with E-state index in [0.29, 0.717) is 22.2 Å². The molecule has 0 aliphatic heterocycles. The van der Waals surface area contributed by atoms with Gasteiger partial charge in [0.1, 0.15) is 10.8 Å². The number of carbonyl (C=O) groups is 2. The van der Waals surface area contributed by atoms with Gasteiger partial charge >= 0.3 is 0 Å². The third-order valence-electron chi connectivity index (χ3n) is 5.75. The summed E-state index contributed by atoms with van der Waals surface area (Å²) in [7, 11) is 0. The van der Waals surface area contributed by atoms with E-state index >= 15 is 0 Å². The van der Waals surface area contributed by atoms with E-state index in [1.54, 1.807) is 0 Å². The van der Waals surface area contributed by atoms with Crippen molar-refractivity contribution in [2.45, 2.75) is 57.3 Å². The largest absolute Gasteiger partial charge is 0.484 e. The molecule has 5 nitrogen and oxygen atoms in total. The quantitative estimate of drug-likeness (QED) is 0.757. The molecule has 28 heavy (non-hydrogen) atoms. The summed E-state index contributed by atoms with van der Waals surface area (Å²) in [4.78, 5) is 25.3. The van der Waals surface area contributed by atoms with Gasteiger partial charge in [-0.3, -0.25) is 9.59 Å². The second-order valence-corrected chi connectivity index (χ2v) is 8.77. The van der Waals surface area contributed by atoms with Crippen LogP contribution in [0.5, 0.6) is 5.75 Å². The Bertz CT molecular complexity index is 867. The van der Waals surface area contributed by atoms with Crippen molar-refractivity contribution in [3.63, 3.8) is 0 Å². The van der Waals surface area contributed by atoms with E-state index < -0.39 is 5.91 Å². The number of ether oxygens (including phenoxy) is 1. The SMILES string of the molecule is NC(=O)c1c(NC(=O)COc2ccc(C3CCCCC3)cc2)sc2c1CCC2. The van der Waals surface area contributed by atoms with Crippen molar-refractivity contribution in [3.8, 4) is 5.75 Å². The van der Waals surface area contributed by atoms with Crippen LogP contribution in [0.1, 0.15) is 70.8 Å². The molecule has 0 saturated heterocycles. The molecule has 0 unspecified atom stereocenters. The molecule has 2 aliphatic carbocycles. The highest BCUT2D eigenvalue weighted by atomic mass is 32.1. The first-order valence-electron chi connectivity index (χ1n) is 10.1. The summed E-state index contributed by atoms with van der Waals surface area (Å²) in [5.41, 5.74) is 8.37. The van der Waals surface area contributed by atoms with E-state index in [1.807, 2.05) is 12.1 Å².